The monoisotopic (exact) mass is 467 g/mol. The number of benzene rings is 2. The van der Waals surface area contributed by atoms with Gasteiger partial charge < -0.3 is 19.9 Å². The lowest BCUT2D eigenvalue weighted by molar-refractivity contribution is -0.144. The van der Waals surface area contributed by atoms with E-state index in [0.29, 0.717) is 12.8 Å². The van der Waals surface area contributed by atoms with Gasteiger partial charge in [0.2, 0.25) is 0 Å². The number of rotatable bonds is 3. The number of halogens is 5. The molecule has 2 aromatic carbocycles. The second-order valence-corrected chi connectivity index (χ2v) is 7.60. The van der Waals surface area contributed by atoms with Crippen LogP contribution in [0.4, 0.5) is 27.6 Å². The van der Waals surface area contributed by atoms with Gasteiger partial charge in [-0.1, -0.05) is 0 Å². The Bertz CT molecular complexity index is 1180. The summed E-state index contributed by atoms with van der Waals surface area (Å²) in [5, 5.41) is 2.62. The Kier molecular flexibility index (Phi) is 5.96. The van der Waals surface area contributed by atoms with E-state index in [1.807, 2.05) is 0 Å². The lowest BCUT2D eigenvalue weighted by Gasteiger charge is -2.31. The van der Waals surface area contributed by atoms with Crippen molar-refractivity contribution in [2.45, 2.75) is 25.1 Å². The molecule has 3 aromatic rings. The average Bonchev–Trinajstić information content (AvgIpc) is 3.15. The van der Waals surface area contributed by atoms with E-state index >= 15 is 0 Å². The van der Waals surface area contributed by atoms with Crippen molar-refractivity contribution >= 4 is 28.4 Å². The van der Waals surface area contributed by atoms with E-state index in [4.69, 9.17) is 4.74 Å². The predicted octanol–water partition coefficient (Wildman–Crippen LogP) is 4.47. The van der Waals surface area contributed by atoms with Crippen LogP contribution < -0.4 is 10.1 Å². The summed E-state index contributed by atoms with van der Waals surface area (Å²) in [7, 11) is 0. The first kappa shape index (κ1) is 22.6. The summed E-state index contributed by atoms with van der Waals surface area (Å²) in [5.74, 6) is -3.56. The fourth-order valence-electron chi connectivity index (χ4n) is 3.63. The first-order chi connectivity index (χ1) is 15.6. The summed E-state index contributed by atoms with van der Waals surface area (Å²) in [6.07, 6.45) is -2.64. The number of nitrogens with one attached hydrogen (secondary N) is 2. The van der Waals surface area contributed by atoms with Gasteiger partial charge in [0.25, 0.3) is 0 Å². The minimum Gasteiger partial charge on any atom is -0.490 e. The zero-order chi connectivity index (χ0) is 23.8. The van der Waals surface area contributed by atoms with Crippen molar-refractivity contribution in [2.75, 3.05) is 18.4 Å². The second-order valence-electron chi connectivity index (χ2n) is 7.60. The van der Waals surface area contributed by atoms with Crippen LogP contribution in [0.15, 0.2) is 42.6 Å². The number of anilines is 1. The molecule has 4 rings (SSSR count). The van der Waals surface area contributed by atoms with E-state index in [-0.39, 0.29) is 41.5 Å². The van der Waals surface area contributed by atoms with Crippen LogP contribution in [-0.2, 0) is 15.8 Å². The Balaban J connectivity index is 1.32. The van der Waals surface area contributed by atoms with E-state index in [1.165, 1.54) is 23.2 Å². The summed E-state index contributed by atoms with van der Waals surface area (Å²) in [6, 6.07) is 6.22. The summed E-state index contributed by atoms with van der Waals surface area (Å²) in [6.45, 7) is 0.427. The van der Waals surface area contributed by atoms with E-state index in [1.54, 1.807) is 0 Å². The van der Waals surface area contributed by atoms with Crippen LogP contribution in [0.25, 0.3) is 10.9 Å². The highest BCUT2D eigenvalue weighted by molar-refractivity contribution is 6.40. The number of ether oxygens (including phenoxy) is 1. The number of fused-ring (bicyclic) bond motifs is 1. The molecule has 6 nitrogen and oxygen atoms in total. The Morgan fingerprint density at radius 1 is 1.03 bits per heavy atom. The standard InChI is InChI=1S/C22H18F5N3O3/c23-16-9-15-18(10-17(16)24)28-11-19(15)29-20(31)21(32)30-7-5-14(6-8-30)33-13-3-1-12(2-4-13)22(25,26)27/h1-4,9-11,14,28H,5-8H2,(H,29,31). The largest absolute Gasteiger partial charge is 0.490 e. The van der Waals surface area contributed by atoms with Crippen LogP contribution in [0.3, 0.4) is 0 Å². The molecule has 2 heterocycles. The quantitative estimate of drug-likeness (QED) is 0.441. The molecule has 1 aliphatic rings. The average molecular weight is 467 g/mol. The van der Waals surface area contributed by atoms with Gasteiger partial charge >= 0.3 is 18.0 Å². The molecule has 1 saturated heterocycles. The SMILES string of the molecule is O=C(Nc1c[nH]c2cc(F)c(F)cc12)C(=O)N1CCC(Oc2ccc(C(F)(F)F)cc2)CC1. The molecule has 0 atom stereocenters. The van der Waals surface area contributed by atoms with Crippen molar-refractivity contribution in [2.24, 2.45) is 0 Å². The number of nitrogens with zero attached hydrogens (tertiary/aromatic N) is 1. The molecule has 0 bridgehead atoms. The van der Waals surface area contributed by atoms with Crippen LogP contribution in [0.2, 0.25) is 0 Å². The molecule has 33 heavy (non-hydrogen) atoms. The summed E-state index contributed by atoms with van der Waals surface area (Å²) < 4.78 is 70.5. The van der Waals surface area contributed by atoms with Gasteiger partial charge in [-0.2, -0.15) is 13.2 Å². The number of H-pyrrole nitrogens is 1. The van der Waals surface area contributed by atoms with Crippen molar-refractivity contribution in [1.29, 1.82) is 0 Å². The molecule has 0 spiro atoms. The number of amides is 2. The Morgan fingerprint density at radius 2 is 1.67 bits per heavy atom. The molecule has 11 heteroatoms. The normalized spacial score (nSPS) is 15.0. The van der Waals surface area contributed by atoms with Crippen LogP contribution in [0.1, 0.15) is 18.4 Å². The molecule has 0 saturated carbocycles. The number of likely N-dealkylation sites (tertiary alicyclic amines) is 1. The molecule has 2 N–H and O–H groups in total. The van der Waals surface area contributed by atoms with Crippen molar-refractivity contribution in [1.82, 2.24) is 9.88 Å². The van der Waals surface area contributed by atoms with Gasteiger partial charge in [0.15, 0.2) is 11.6 Å². The molecule has 1 fully saturated rings. The van der Waals surface area contributed by atoms with E-state index in [2.05, 4.69) is 10.3 Å². The third-order valence-corrected chi connectivity index (χ3v) is 5.38. The third-order valence-electron chi connectivity index (χ3n) is 5.38. The molecule has 174 valence electrons. The smallest absolute Gasteiger partial charge is 0.416 e. The van der Waals surface area contributed by atoms with Crippen molar-refractivity contribution in [3.05, 3.63) is 59.8 Å². The van der Waals surface area contributed by atoms with Gasteiger partial charge in [-0.05, 0) is 30.3 Å². The number of aromatic nitrogens is 1. The van der Waals surface area contributed by atoms with Crippen LogP contribution in [-0.4, -0.2) is 40.9 Å². The Hall–Kier alpha value is -3.63. The van der Waals surface area contributed by atoms with Crippen molar-refractivity contribution in [3.8, 4) is 5.75 Å². The zero-order valence-corrected chi connectivity index (χ0v) is 17.0. The van der Waals surface area contributed by atoms with E-state index < -0.39 is 35.2 Å². The lowest BCUT2D eigenvalue weighted by atomic mass is 10.1. The van der Waals surface area contributed by atoms with Gasteiger partial charge in [0.05, 0.1) is 16.8 Å². The maximum Gasteiger partial charge on any atom is 0.416 e. The highest BCUT2D eigenvalue weighted by atomic mass is 19.4. The van der Waals surface area contributed by atoms with Crippen LogP contribution in [0, 0.1) is 11.6 Å². The van der Waals surface area contributed by atoms with Gasteiger partial charge in [-0.3, -0.25) is 9.59 Å². The summed E-state index contributed by atoms with van der Waals surface area (Å²) in [4.78, 5) is 28.9. The van der Waals surface area contributed by atoms with Crippen molar-refractivity contribution in [3.63, 3.8) is 0 Å². The van der Waals surface area contributed by atoms with E-state index in [0.717, 1.165) is 24.3 Å². The number of hydrogen-bond acceptors (Lipinski definition) is 3. The Labute approximate surface area is 184 Å². The first-order valence-electron chi connectivity index (χ1n) is 10.0. The highest BCUT2D eigenvalue weighted by Gasteiger charge is 2.31. The van der Waals surface area contributed by atoms with E-state index in [9.17, 15) is 31.5 Å². The van der Waals surface area contributed by atoms with Crippen molar-refractivity contribution < 1.29 is 36.3 Å². The molecule has 2 amide bonds. The lowest BCUT2D eigenvalue weighted by Crippen LogP contribution is -2.46. The molecular weight excluding hydrogens is 449 g/mol. The third kappa shape index (κ3) is 4.91. The molecule has 0 radical (unpaired) electrons. The minimum atomic E-state index is -4.43. The maximum absolute atomic E-state index is 13.5. The molecule has 0 unspecified atom stereocenters. The van der Waals surface area contributed by atoms with Gasteiger partial charge in [0, 0.05) is 43.6 Å². The highest BCUT2D eigenvalue weighted by Crippen LogP contribution is 2.31. The number of carbonyl (C=O) groups excluding carboxylic acids is 2. The summed E-state index contributed by atoms with van der Waals surface area (Å²) >= 11 is 0. The fourth-order valence-corrected chi connectivity index (χ4v) is 3.63. The maximum atomic E-state index is 13.5. The predicted molar refractivity (Wildman–Crippen MR) is 109 cm³/mol. The molecule has 0 aliphatic carbocycles. The Morgan fingerprint density at radius 3 is 2.30 bits per heavy atom. The van der Waals surface area contributed by atoms with Crippen LogP contribution in [0.5, 0.6) is 5.75 Å². The van der Waals surface area contributed by atoms with Gasteiger partial charge in [-0.25, -0.2) is 8.78 Å². The number of hydrogen-bond donors (Lipinski definition) is 2. The zero-order valence-electron chi connectivity index (χ0n) is 17.0. The number of piperidine rings is 1. The molecular formula is C22H18F5N3O3. The molecule has 1 aliphatic heterocycles. The summed E-state index contributed by atoms with van der Waals surface area (Å²) in [5.41, 5.74) is -0.370. The first-order valence-corrected chi connectivity index (χ1v) is 10.0. The fraction of sp³-hybridized carbons (Fsp3) is 0.273. The topological polar surface area (TPSA) is 74.4 Å². The number of aromatic amines is 1. The number of alkyl halides is 3. The van der Waals surface area contributed by atoms with Gasteiger partial charge in [0.1, 0.15) is 11.9 Å². The number of carbonyl (C=O) groups is 2. The van der Waals surface area contributed by atoms with Gasteiger partial charge in [-0.15, -0.1) is 0 Å². The second kappa shape index (κ2) is 8.72. The minimum absolute atomic E-state index is 0.141. The molecule has 1 aromatic heterocycles. The van der Waals surface area contributed by atoms with Crippen LogP contribution >= 0.6 is 0 Å².